The van der Waals surface area contributed by atoms with E-state index in [9.17, 15) is 4.79 Å². The molecule has 0 spiro atoms. The molecule has 0 saturated carbocycles. The van der Waals surface area contributed by atoms with Crippen LogP contribution in [0.1, 0.15) is 15.9 Å². The molecule has 1 aromatic carbocycles. The van der Waals surface area contributed by atoms with E-state index in [0.717, 1.165) is 16.5 Å². The highest BCUT2D eigenvalue weighted by atomic mass is 16.6. The van der Waals surface area contributed by atoms with Gasteiger partial charge < -0.3 is 14.5 Å². The first-order valence-electron chi connectivity index (χ1n) is 6.07. The number of rotatable bonds is 2. The van der Waals surface area contributed by atoms with Crippen LogP contribution < -0.4 is 0 Å². The number of carbonyl (C=O) groups excluding carboxylic acids is 1. The highest BCUT2D eigenvalue weighted by Crippen LogP contribution is 2.24. The maximum atomic E-state index is 12.4. The van der Waals surface area contributed by atoms with Crippen molar-refractivity contribution in [2.75, 3.05) is 19.8 Å². The van der Waals surface area contributed by atoms with Crippen molar-refractivity contribution in [2.24, 2.45) is 0 Å². The van der Waals surface area contributed by atoms with E-state index < -0.39 is 6.10 Å². The molecule has 1 N–H and O–H groups in total. The second kappa shape index (κ2) is 4.55. The van der Waals surface area contributed by atoms with E-state index in [-0.39, 0.29) is 5.78 Å². The average Bonchev–Trinajstić information content (AvgIpc) is 2.84. The van der Waals surface area contributed by atoms with E-state index >= 15 is 0 Å². The number of H-pyrrole nitrogens is 1. The zero-order chi connectivity index (χ0) is 12.5. The van der Waals surface area contributed by atoms with Gasteiger partial charge in [-0.2, -0.15) is 0 Å². The number of benzene rings is 1. The van der Waals surface area contributed by atoms with Gasteiger partial charge in [0.15, 0.2) is 5.78 Å². The topological polar surface area (TPSA) is 51.3 Å². The van der Waals surface area contributed by atoms with Crippen LogP contribution in [0, 0.1) is 6.92 Å². The van der Waals surface area contributed by atoms with Gasteiger partial charge in [0.25, 0.3) is 0 Å². The number of aromatic amines is 1. The highest BCUT2D eigenvalue weighted by Gasteiger charge is 2.26. The van der Waals surface area contributed by atoms with Crippen LogP contribution in [0.4, 0.5) is 0 Å². The van der Waals surface area contributed by atoms with E-state index in [1.54, 1.807) is 6.20 Å². The summed E-state index contributed by atoms with van der Waals surface area (Å²) >= 11 is 0. The number of nitrogens with one attached hydrogen (secondary N) is 1. The van der Waals surface area contributed by atoms with Gasteiger partial charge in [0.05, 0.1) is 19.8 Å². The Morgan fingerprint density at radius 2 is 2.28 bits per heavy atom. The maximum Gasteiger partial charge on any atom is 0.196 e. The molecule has 18 heavy (non-hydrogen) atoms. The number of aryl methyl sites for hydroxylation is 1. The van der Waals surface area contributed by atoms with E-state index in [1.807, 2.05) is 25.1 Å². The normalized spacial score (nSPS) is 20.2. The summed E-state index contributed by atoms with van der Waals surface area (Å²) in [6, 6.07) is 5.95. The molecule has 94 valence electrons. The molecule has 1 aromatic heterocycles. The second-order valence-corrected chi connectivity index (χ2v) is 4.50. The molecule has 0 aliphatic carbocycles. The fourth-order valence-electron chi connectivity index (χ4n) is 2.37. The lowest BCUT2D eigenvalue weighted by molar-refractivity contribution is -0.0718. The number of aromatic nitrogens is 1. The molecule has 2 heterocycles. The van der Waals surface area contributed by atoms with Crippen molar-refractivity contribution in [1.82, 2.24) is 4.98 Å². The van der Waals surface area contributed by atoms with Crippen LogP contribution in [0.5, 0.6) is 0 Å². The standard InChI is InChI=1S/C14H15NO3/c1-9-3-2-4-11-13(9)10(7-15-11)14(16)12-8-17-5-6-18-12/h2-4,7,12,15H,5-6,8H2,1H3. The minimum absolute atomic E-state index is 0.00440. The van der Waals surface area contributed by atoms with Crippen molar-refractivity contribution in [3.63, 3.8) is 0 Å². The van der Waals surface area contributed by atoms with Crippen LogP contribution in [0.3, 0.4) is 0 Å². The predicted molar refractivity (Wildman–Crippen MR) is 67.9 cm³/mol. The second-order valence-electron chi connectivity index (χ2n) is 4.50. The van der Waals surface area contributed by atoms with Gasteiger partial charge in [-0.05, 0) is 18.6 Å². The van der Waals surface area contributed by atoms with E-state index in [0.29, 0.717) is 25.4 Å². The minimum Gasteiger partial charge on any atom is -0.376 e. The monoisotopic (exact) mass is 245 g/mol. The van der Waals surface area contributed by atoms with Gasteiger partial charge in [0, 0.05) is 22.7 Å². The van der Waals surface area contributed by atoms with Crippen LogP contribution in [0.25, 0.3) is 10.9 Å². The number of carbonyl (C=O) groups is 1. The predicted octanol–water partition coefficient (Wildman–Crippen LogP) is 2.07. The first-order chi connectivity index (χ1) is 8.77. The Hall–Kier alpha value is -1.65. The molecule has 1 fully saturated rings. The smallest absolute Gasteiger partial charge is 0.196 e. The minimum atomic E-state index is -0.475. The summed E-state index contributed by atoms with van der Waals surface area (Å²) < 4.78 is 10.8. The zero-order valence-electron chi connectivity index (χ0n) is 10.2. The summed E-state index contributed by atoms with van der Waals surface area (Å²) in [5.41, 5.74) is 2.77. The third kappa shape index (κ3) is 1.83. The van der Waals surface area contributed by atoms with Crippen molar-refractivity contribution < 1.29 is 14.3 Å². The molecule has 1 aliphatic rings. The zero-order valence-corrected chi connectivity index (χ0v) is 10.2. The van der Waals surface area contributed by atoms with Crippen molar-refractivity contribution in [1.29, 1.82) is 0 Å². The molecule has 4 nitrogen and oxygen atoms in total. The molecule has 4 heteroatoms. The molecule has 1 unspecified atom stereocenters. The molecule has 3 rings (SSSR count). The van der Waals surface area contributed by atoms with Crippen molar-refractivity contribution in [3.8, 4) is 0 Å². The number of hydrogen-bond donors (Lipinski definition) is 1. The Labute approximate surface area is 105 Å². The Balaban J connectivity index is 2.01. The van der Waals surface area contributed by atoms with Crippen molar-refractivity contribution in [3.05, 3.63) is 35.5 Å². The summed E-state index contributed by atoms with van der Waals surface area (Å²) in [5, 5.41) is 0.983. The SMILES string of the molecule is Cc1cccc2[nH]cc(C(=O)C3COCCO3)c12. The summed E-state index contributed by atoms with van der Waals surface area (Å²) in [6.07, 6.45) is 1.29. The number of hydrogen-bond acceptors (Lipinski definition) is 3. The largest absolute Gasteiger partial charge is 0.376 e. The average molecular weight is 245 g/mol. The summed E-state index contributed by atoms with van der Waals surface area (Å²) in [5.74, 6) is -0.00440. The Morgan fingerprint density at radius 1 is 1.39 bits per heavy atom. The molecule has 1 aliphatic heterocycles. The van der Waals surface area contributed by atoms with Crippen LogP contribution in [0.2, 0.25) is 0 Å². The molecular formula is C14H15NO3. The Bertz CT molecular complexity index is 582. The quantitative estimate of drug-likeness (QED) is 0.824. The molecular weight excluding hydrogens is 230 g/mol. The summed E-state index contributed by atoms with van der Waals surface area (Å²) in [4.78, 5) is 15.5. The first-order valence-corrected chi connectivity index (χ1v) is 6.07. The molecule has 2 aromatic rings. The lowest BCUT2D eigenvalue weighted by Crippen LogP contribution is -2.35. The Kier molecular flexibility index (Phi) is 2.89. The molecule has 0 amide bonds. The van der Waals surface area contributed by atoms with Crippen LogP contribution in [0.15, 0.2) is 24.4 Å². The number of ketones is 1. The molecule has 0 radical (unpaired) electrons. The number of fused-ring (bicyclic) bond motifs is 1. The van der Waals surface area contributed by atoms with E-state index in [4.69, 9.17) is 9.47 Å². The molecule has 0 bridgehead atoms. The highest BCUT2D eigenvalue weighted by molar-refractivity contribution is 6.10. The van der Waals surface area contributed by atoms with Gasteiger partial charge in [-0.15, -0.1) is 0 Å². The number of Topliss-reactive ketones (excluding diaryl/α,β-unsaturated/α-hetero) is 1. The van der Waals surface area contributed by atoms with Crippen LogP contribution >= 0.6 is 0 Å². The van der Waals surface area contributed by atoms with Gasteiger partial charge in [0.1, 0.15) is 6.10 Å². The maximum absolute atomic E-state index is 12.4. The molecule has 1 saturated heterocycles. The van der Waals surface area contributed by atoms with Gasteiger partial charge in [0.2, 0.25) is 0 Å². The summed E-state index contributed by atoms with van der Waals surface area (Å²) in [6.45, 7) is 3.40. The van der Waals surface area contributed by atoms with Crippen LogP contribution in [-0.2, 0) is 9.47 Å². The van der Waals surface area contributed by atoms with Gasteiger partial charge in [-0.1, -0.05) is 12.1 Å². The fourth-order valence-corrected chi connectivity index (χ4v) is 2.37. The van der Waals surface area contributed by atoms with Gasteiger partial charge >= 0.3 is 0 Å². The lowest BCUT2D eigenvalue weighted by atomic mass is 10.0. The fraction of sp³-hybridized carbons (Fsp3) is 0.357. The first kappa shape index (κ1) is 11.4. The lowest BCUT2D eigenvalue weighted by Gasteiger charge is -2.21. The third-order valence-electron chi connectivity index (χ3n) is 3.29. The number of ether oxygens (including phenoxy) is 2. The third-order valence-corrected chi connectivity index (χ3v) is 3.29. The van der Waals surface area contributed by atoms with Crippen molar-refractivity contribution in [2.45, 2.75) is 13.0 Å². The van der Waals surface area contributed by atoms with Gasteiger partial charge in [-0.25, -0.2) is 0 Å². The van der Waals surface area contributed by atoms with Gasteiger partial charge in [-0.3, -0.25) is 4.79 Å². The van der Waals surface area contributed by atoms with E-state index in [1.165, 1.54) is 0 Å². The summed E-state index contributed by atoms with van der Waals surface area (Å²) in [7, 11) is 0. The van der Waals surface area contributed by atoms with Crippen LogP contribution in [-0.4, -0.2) is 36.7 Å². The van der Waals surface area contributed by atoms with E-state index in [2.05, 4.69) is 4.98 Å². The molecule has 1 atom stereocenters. The Morgan fingerprint density at radius 3 is 3.06 bits per heavy atom. The van der Waals surface area contributed by atoms with Crippen molar-refractivity contribution >= 4 is 16.7 Å².